The Labute approximate surface area is 128 Å². The molecule has 0 aromatic carbocycles. The van der Waals surface area contributed by atoms with Gasteiger partial charge in [0, 0.05) is 20.1 Å². The number of primary amides is 1. The molecule has 7 heteroatoms. The van der Waals surface area contributed by atoms with Gasteiger partial charge in [0.05, 0.1) is 11.3 Å². The second kappa shape index (κ2) is 6.80. The van der Waals surface area contributed by atoms with Gasteiger partial charge in [0.2, 0.25) is 0 Å². The Morgan fingerprint density at radius 3 is 2.24 bits per heavy atom. The summed E-state index contributed by atoms with van der Waals surface area (Å²) in [5.41, 5.74) is 11.9. The largest absolute Gasteiger partial charge is 0.397 e. The Morgan fingerprint density at radius 2 is 1.71 bits per heavy atom. The summed E-state index contributed by atoms with van der Waals surface area (Å²) in [6.07, 6.45) is 5.80. The number of hydrogen-bond acceptors (Lipinski definition) is 5. The van der Waals surface area contributed by atoms with Crippen LogP contribution in [0.5, 0.6) is 0 Å². The highest BCUT2D eigenvalue weighted by molar-refractivity contribution is 7.19. The molecule has 1 saturated heterocycles. The summed E-state index contributed by atoms with van der Waals surface area (Å²) in [7, 11) is 1.56. The average Bonchev–Trinajstić information content (AvgIpc) is 2.75. The zero-order chi connectivity index (χ0) is 15.4. The predicted octanol–water partition coefficient (Wildman–Crippen LogP) is 1.56. The SMILES string of the molecule is CNC(=O)c1c(N2CCCCCCC2)sc(C(N)=O)c1N. The molecule has 116 valence electrons. The molecule has 2 rings (SSSR count). The molecule has 0 aliphatic carbocycles. The van der Waals surface area contributed by atoms with Crippen molar-refractivity contribution in [3.8, 4) is 0 Å². The van der Waals surface area contributed by atoms with E-state index < -0.39 is 5.91 Å². The highest BCUT2D eigenvalue weighted by Gasteiger charge is 2.27. The summed E-state index contributed by atoms with van der Waals surface area (Å²) in [4.78, 5) is 26.1. The first-order chi connectivity index (χ1) is 10.1. The van der Waals surface area contributed by atoms with Crippen molar-refractivity contribution in [1.82, 2.24) is 5.32 Å². The van der Waals surface area contributed by atoms with Crippen molar-refractivity contribution in [2.45, 2.75) is 32.1 Å². The van der Waals surface area contributed by atoms with Gasteiger partial charge in [-0.2, -0.15) is 0 Å². The molecule has 1 aliphatic heterocycles. The monoisotopic (exact) mass is 310 g/mol. The van der Waals surface area contributed by atoms with E-state index in [4.69, 9.17) is 11.5 Å². The van der Waals surface area contributed by atoms with Crippen molar-refractivity contribution >= 4 is 33.8 Å². The molecule has 21 heavy (non-hydrogen) atoms. The van der Waals surface area contributed by atoms with Crippen LogP contribution in [-0.4, -0.2) is 32.0 Å². The zero-order valence-corrected chi connectivity index (χ0v) is 13.1. The van der Waals surface area contributed by atoms with Crippen molar-refractivity contribution < 1.29 is 9.59 Å². The fraction of sp³-hybridized carbons (Fsp3) is 0.571. The van der Waals surface area contributed by atoms with Crippen LogP contribution < -0.4 is 21.7 Å². The first-order valence-electron chi connectivity index (χ1n) is 7.25. The van der Waals surface area contributed by atoms with Gasteiger partial charge in [-0.05, 0) is 12.8 Å². The Bertz CT molecular complexity index is 533. The van der Waals surface area contributed by atoms with E-state index >= 15 is 0 Å². The molecule has 0 bridgehead atoms. The lowest BCUT2D eigenvalue weighted by Crippen LogP contribution is -2.29. The second-order valence-electron chi connectivity index (χ2n) is 5.22. The van der Waals surface area contributed by atoms with Gasteiger partial charge < -0.3 is 21.7 Å². The minimum atomic E-state index is -0.582. The van der Waals surface area contributed by atoms with E-state index in [1.165, 1.54) is 30.6 Å². The number of anilines is 2. The van der Waals surface area contributed by atoms with Crippen molar-refractivity contribution in [1.29, 1.82) is 0 Å². The Kier molecular flexibility index (Phi) is 5.06. The van der Waals surface area contributed by atoms with Gasteiger partial charge in [-0.15, -0.1) is 11.3 Å². The van der Waals surface area contributed by atoms with Crippen LogP contribution in [0.2, 0.25) is 0 Å². The summed E-state index contributed by atoms with van der Waals surface area (Å²) in [5.74, 6) is -0.853. The maximum absolute atomic E-state index is 12.1. The van der Waals surface area contributed by atoms with Crippen molar-refractivity contribution in [2.24, 2.45) is 5.73 Å². The number of nitrogens with two attached hydrogens (primary N) is 2. The third-order valence-corrected chi connectivity index (χ3v) is 5.03. The van der Waals surface area contributed by atoms with E-state index in [2.05, 4.69) is 10.2 Å². The topological polar surface area (TPSA) is 101 Å². The number of carbonyl (C=O) groups excluding carboxylic acids is 2. The standard InChI is InChI=1S/C14H22N4O2S/c1-17-13(20)9-10(15)11(12(16)19)21-14(9)18-7-5-3-2-4-6-8-18/h2-8,15H2,1H3,(H2,16,19)(H,17,20). The molecular formula is C14H22N4O2S. The number of thiophene rings is 1. The molecule has 0 saturated carbocycles. The van der Waals surface area contributed by atoms with Gasteiger partial charge in [-0.25, -0.2) is 0 Å². The fourth-order valence-corrected chi connectivity index (χ4v) is 3.75. The molecule has 0 spiro atoms. The quantitative estimate of drug-likeness (QED) is 0.788. The van der Waals surface area contributed by atoms with Crippen molar-refractivity contribution in [3.63, 3.8) is 0 Å². The smallest absolute Gasteiger partial charge is 0.260 e. The molecule has 0 atom stereocenters. The fourth-order valence-electron chi connectivity index (χ4n) is 2.63. The van der Waals surface area contributed by atoms with Crippen LogP contribution in [0.4, 0.5) is 10.7 Å². The van der Waals surface area contributed by atoms with Gasteiger partial charge in [-0.3, -0.25) is 9.59 Å². The van der Waals surface area contributed by atoms with Gasteiger partial charge in [0.15, 0.2) is 0 Å². The molecule has 0 unspecified atom stereocenters. The number of nitrogen functional groups attached to an aromatic ring is 1. The highest BCUT2D eigenvalue weighted by Crippen LogP contribution is 2.38. The molecule has 5 N–H and O–H groups in total. The lowest BCUT2D eigenvalue weighted by Gasteiger charge is -2.26. The number of nitrogens with one attached hydrogen (secondary N) is 1. The minimum absolute atomic E-state index is 0.198. The lowest BCUT2D eigenvalue weighted by atomic mass is 10.1. The van der Waals surface area contributed by atoms with Gasteiger partial charge in [-0.1, -0.05) is 19.3 Å². The predicted molar refractivity (Wildman–Crippen MR) is 85.9 cm³/mol. The molecule has 0 radical (unpaired) electrons. The van der Waals surface area contributed by atoms with E-state index in [1.807, 2.05) is 0 Å². The molecular weight excluding hydrogens is 288 g/mol. The second-order valence-corrected chi connectivity index (χ2v) is 6.22. The first-order valence-corrected chi connectivity index (χ1v) is 8.07. The van der Waals surface area contributed by atoms with Crippen LogP contribution in [0.1, 0.15) is 52.1 Å². The molecule has 6 nitrogen and oxygen atoms in total. The Morgan fingerprint density at radius 1 is 1.14 bits per heavy atom. The number of nitrogens with zero attached hydrogens (tertiary/aromatic N) is 1. The molecule has 1 aromatic rings. The Hall–Kier alpha value is -1.76. The summed E-state index contributed by atoms with van der Waals surface area (Å²) in [6, 6.07) is 0. The lowest BCUT2D eigenvalue weighted by molar-refractivity contribution is 0.0964. The molecule has 1 fully saturated rings. The highest BCUT2D eigenvalue weighted by atomic mass is 32.1. The number of amides is 2. The molecule has 1 aromatic heterocycles. The van der Waals surface area contributed by atoms with E-state index in [1.54, 1.807) is 7.05 Å². The normalized spacial score (nSPS) is 16.1. The summed E-state index contributed by atoms with van der Waals surface area (Å²) in [6.45, 7) is 1.75. The third kappa shape index (κ3) is 3.29. The first kappa shape index (κ1) is 15.6. The van der Waals surface area contributed by atoms with Gasteiger partial charge in [0.25, 0.3) is 11.8 Å². The molecule has 2 heterocycles. The summed E-state index contributed by atoms with van der Waals surface area (Å²) < 4.78 is 0. The van der Waals surface area contributed by atoms with Crippen molar-refractivity contribution in [3.05, 3.63) is 10.4 Å². The summed E-state index contributed by atoms with van der Waals surface area (Å²) >= 11 is 1.23. The maximum atomic E-state index is 12.1. The van der Waals surface area contributed by atoms with Crippen LogP contribution in [0, 0.1) is 0 Å². The van der Waals surface area contributed by atoms with Crippen LogP contribution in [0.3, 0.4) is 0 Å². The van der Waals surface area contributed by atoms with Gasteiger partial charge in [0.1, 0.15) is 9.88 Å². The van der Waals surface area contributed by atoms with E-state index in [9.17, 15) is 9.59 Å². The zero-order valence-electron chi connectivity index (χ0n) is 12.3. The van der Waals surface area contributed by atoms with Gasteiger partial charge >= 0.3 is 0 Å². The van der Waals surface area contributed by atoms with Crippen molar-refractivity contribution in [2.75, 3.05) is 30.8 Å². The van der Waals surface area contributed by atoms with Crippen LogP contribution in [-0.2, 0) is 0 Å². The maximum Gasteiger partial charge on any atom is 0.260 e. The molecule has 1 aliphatic rings. The van der Waals surface area contributed by atoms with E-state index in [0.29, 0.717) is 5.56 Å². The number of carbonyl (C=O) groups is 2. The Balaban J connectivity index is 2.42. The number of rotatable bonds is 3. The number of hydrogen-bond donors (Lipinski definition) is 3. The molecule has 2 amide bonds. The van der Waals surface area contributed by atoms with Crippen LogP contribution in [0.25, 0.3) is 0 Å². The van der Waals surface area contributed by atoms with E-state index in [-0.39, 0.29) is 16.5 Å². The minimum Gasteiger partial charge on any atom is -0.397 e. The van der Waals surface area contributed by atoms with E-state index in [0.717, 1.165) is 30.9 Å². The third-order valence-electron chi connectivity index (χ3n) is 3.75. The average molecular weight is 310 g/mol. The van der Waals surface area contributed by atoms with Crippen LogP contribution in [0.15, 0.2) is 0 Å². The summed E-state index contributed by atoms with van der Waals surface area (Å²) in [5, 5.41) is 3.36. The van der Waals surface area contributed by atoms with Crippen LogP contribution >= 0.6 is 11.3 Å².